The lowest BCUT2D eigenvalue weighted by Crippen LogP contribution is -2.38. The monoisotopic (exact) mass is 356 g/mol. The highest BCUT2D eigenvalue weighted by molar-refractivity contribution is 7.18. The third-order valence-electron chi connectivity index (χ3n) is 4.55. The Kier molecular flexibility index (Phi) is 3.96. The number of carbonyl (C=O) groups is 1. The number of nitrogens with zero attached hydrogens (tertiary/aromatic N) is 3. The van der Waals surface area contributed by atoms with Gasteiger partial charge in [0.1, 0.15) is 5.69 Å². The Hall–Kier alpha value is -2.74. The van der Waals surface area contributed by atoms with Crippen molar-refractivity contribution >= 4 is 33.1 Å². The molecular formula is C17H16N4O3S. The van der Waals surface area contributed by atoms with Gasteiger partial charge in [0.15, 0.2) is 0 Å². The smallest absolute Gasteiger partial charge is 0.287 e. The molecule has 3 heterocycles. The van der Waals surface area contributed by atoms with E-state index in [0.29, 0.717) is 19.0 Å². The molecule has 1 fully saturated rings. The van der Waals surface area contributed by atoms with Gasteiger partial charge in [-0.1, -0.05) is 12.1 Å². The topological polar surface area (TPSA) is 92.1 Å². The minimum Gasteiger partial charge on any atom is -0.351 e. The van der Waals surface area contributed by atoms with Crippen LogP contribution < -0.4 is 0 Å². The summed E-state index contributed by atoms with van der Waals surface area (Å²) in [6, 6.07) is 9.39. The fraction of sp³-hybridized carbons (Fsp3) is 0.294. The average molecular weight is 356 g/mol. The fourth-order valence-corrected chi connectivity index (χ4v) is 4.31. The van der Waals surface area contributed by atoms with Crippen LogP contribution in [0.25, 0.3) is 10.2 Å². The fourth-order valence-electron chi connectivity index (χ4n) is 3.18. The van der Waals surface area contributed by atoms with Gasteiger partial charge in [-0.25, -0.2) is 4.98 Å². The van der Waals surface area contributed by atoms with Crippen molar-refractivity contribution < 1.29 is 9.72 Å². The van der Waals surface area contributed by atoms with Crippen molar-refractivity contribution in [2.45, 2.75) is 18.8 Å². The lowest BCUT2D eigenvalue weighted by molar-refractivity contribution is -0.384. The number of amides is 1. The number of thiazole rings is 1. The number of nitro groups is 1. The summed E-state index contributed by atoms with van der Waals surface area (Å²) in [7, 11) is 0. The number of carbonyl (C=O) groups excluding carboxylic acids is 1. The van der Waals surface area contributed by atoms with Crippen LogP contribution in [0.15, 0.2) is 36.5 Å². The number of hydrogen-bond donors (Lipinski definition) is 1. The van der Waals surface area contributed by atoms with Crippen LogP contribution in [0.2, 0.25) is 0 Å². The molecule has 25 heavy (non-hydrogen) atoms. The number of benzene rings is 1. The minimum atomic E-state index is -0.507. The van der Waals surface area contributed by atoms with Crippen LogP contribution in [0.1, 0.15) is 34.3 Å². The summed E-state index contributed by atoms with van der Waals surface area (Å²) in [5.74, 6) is 0.176. The molecule has 0 unspecified atom stereocenters. The molecule has 8 heteroatoms. The highest BCUT2D eigenvalue weighted by atomic mass is 32.1. The van der Waals surface area contributed by atoms with Crippen molar-refractivity contribution in [1.29, 1.82) is 0 Å². The number of fused-ring (bicyclic) bond motifs is 1. The van der Waals surface area contributed by atoms with Crippen molar-refractivity contribution in [2.75, 3.05) is 13.1 Å². The van der Waals surface area contributed by atoms with E-state index in [-0.39, 0.29) is 17.3 Å². The number of aromatic amines is 1. The lowest BCUT2D eigenvalue weighted by Gasteiger charge is -2.30. The van der Waals surface area contributed by atoms with Gasteiger partial charge in [-0.2, -0.15) is 0 Å². The van der Waals surface area contributed by atoms with E-state index in [1.807, 2.05) is 18.2 Å². The van der Waals surface area contributed by atoms with E-state index in [2.05, 4.69) is 11.1 Å². The number of rotatable bonds is 3. The molecule has 128 valence electrons. The summed E-state index contributed by atoms with van der Waals surface area (Å²) in [5, 5.41) is 11.9. The quantitative estimate of drug-likeness (QED) is 0.574. The van der Waals surface area contributed by atoms with E-state index in [1.165, 1.54) is 17.0 Å². The van der Waals surface area contributed by atoms with Crippen molar-refractivity contribution in [3.63, 3.8) is 0 Å². The molecule has 3 aromatic rings. The Balaban J connectivity index is 1.43. The first-order valence-electron chi connectivity index (χ1n) is 8.09. The summed E-state index contributed by atoms with van der Waals surface area (Å²) in [6.07, 6.45) is 2.96. The number of hydrogen-bond acceptors (Lipinski definition) is 5. The van der Waals surface area contributed by atoms with Gasteiger partial charge >= 0.3 is 0 Å². The van der Waals surface area contributed by atoms with Crippen LogP contribution in [0, 0.1) is 10.1 Å². The molecule has 4 rings (SSSR count). The van der Waals surface area contributed by atoms with E-state index >= 15 is 0 Å². The molecule has 2 aromatic heterocycles. The number of H-pyrrole nitrogens is 1. The zero-order chi connectivity index (χ0) is 17.4. The van der Waals surface area contributed by atoms with E-state index in [1.54, 1.807) is 16.2 Å². The first-order valence-corrected chi connectivity index (χ1v) is 8.91. The van der Waals surface area contributed by atoms with Crippen LogP contribution in [0.3, 0.4) is 0 Å². The maximum atomic E-state index is 12.5. The van der Waals surface area contributed by atoms with Crippen molar-refractivity contribution in [3.8, 4) is 0 Å². The lowest BCUT2D eigenvalue weighted by atomic mass is 9.97. The Bertz CT molecular complexity index is 907. The van der Waals surface area contributed by atoms with Gasteiger partial charge in [-0.3, -0.25) is 14.9 Å². The predicted molar refractivity (Wildman–Crippen MR) is 94.9 cm³/mol. The summed E-state index contributed by atoms with van der Waals surface area (Å²) in [6.45, 7) is 1.26. The highest BCUT2D eigenvalue weighted by Crippen LogP contribution is 2.34. The van der Waals surface area contributed by atoms with Gasteiger partial charge in [0.25, 0.3) is 11.6 Å². The molecule has 0 radical (unpaired) electrons. The summed E-state index contributed by atoms with van der Waals surface area (Å²) in [5.41, 5.74) is 1.21. The van der Waals surface area contributed by atoms with Crippen molar-refractivity contribution in [3.05, 3.63) is 57.3 Å². The Morgan fingerprint density at radius 2 is 2.08 bits per heavy atom. The maximum Gasteiger partial charge on any atom is 0.287 e. The normalized spacial score (nSPS) is 15.6. The van der Waals surface area contributed by atoms with Crippen molar-refractivity contribution in [2.24, 2.45) is 0 Å². The van der Waals surface area contributed by atoms with E-state index in [4.69, 9.17) is 4.98 Å². The van der Waals surface area contributed by atoms with Gasteiger partial charge in [0.05, 0.1) is 26.3 Å². The van der Waals surface area contributed by atoms with E-state index in [0.717, 1.165) is 23.4 Å². The first-order chi connectivity index (χ1) is 12.1. The second-order valence-electron chi connectivity index (χ2n) is 6.11. The van der Waals surface area contributed by atoms with Crippen LogP contribution in [0.4, 0.5) is 5.69 Å². The molecule has 1 aliphatic heterocycles. The zero-order valence-corrected chi connectivity index (χ0v) is 14.2. The number of para-hydroxylation sites is 1. The predicted octanol–water partition coefficient (Wildman–Crippen LogP) is 3.55. The number of likely N-dealkylation sites (tertiary alicyclic amines) is 1. The van der Waals surface area contributed by atoms with Gasteiger partial charge < -0.3 is 9.88 Å². The molecule has 7 nitrogen and oxygen atoms in total. The Labute approximate surface area is 147 Å². The molecular weight excluding hydrogens is 340 g/mol. The molecule has 0 aliphatic carbocycles. The van der Waals surface area contributed by atoms with Crippen LogP contribution in [-0.4, -0.2) is 38.8 Å². The third-order valence-corrected chi connectivity index (χ3v) is 5.75. The number of aromatic nitrogens is 2. The third kappa shape index (κ3) is 3.00. The Morgan fingerprint density at radius 1 is 1.32 bits per heavy atom. The Morgan fingerprint density at radius 3 is 2.76 bits per heavy atom. The SMILES string of the molecule is O=C(c1cc([N+](=O)[O-])c[nH]1)N1CCC(c2nc3ccccc3s2)CC1. The number of piperidine rings is 1. The van der Waals surface area contributed by atoms with Crippen molar-refractivity contribution in [1.82, 2.24) is 14.9 Å². The zero-order valence-electron chi connectivity index (χ0n) is 13.3. The van der Waals surface area contributed by atoms with Crippen LogP contribution in [0.5, 0.6) is 0 Å². The largest absolute Gasteiger partial charge is 0.351 e. The maximum absolute atomic E-state index is 12.5. The standard InChI is InChI=1S/C17H16N4O3S/c22-17(14-9-12(10-18-14)21(23)24)20-7-5-11(6-8-20)16-19-13-3-1-2-4-15(13)25-16/h1-4,9-11,18H,5-8H2. The molecule has 0 saturated carbocycles. The molecule has 1 saturated heterocycles. The van der Waals surface area contributed by atoms with Crippen LogP contribution in [-0.2, 0) is 0 Å². The second kappa shape index (κ2) is 6.29. The highest BCUT2D eigenvalue weighted by Gasteiger charge is 2.27. The minimum absolute atomic E-state index is 0.0901. The van der Waals surface area contributed by atoms with Crippen LogP contribution >= 0.6 is 11.3 Å². The van der Waals surface area contributed by atoms with Gasteiger partial charge in [0, 0.05) is 25.1 Å². The second-order valence-corrected chi connectivity index (χ2v) is 7.18. The summed E-state index contributed by atoms with van der Waals surface area (Å²) < 4.78 is 1.19. The van der Waals surface area contributed by atoms with Gasteiger partial charge in [0.2, 0.25) is 0 Å². The summed E-state index contributed by atoms with van der Waals surface area (Å²) in [4.78, 5) is 31.9. The number of nitrogens with one attached hydrogen (secondary N) is 1. The molecule has 0 atom stereocenters. The van der Waals surface area contributed by atoms with Gasteiger partial charge in [-0.15, -0.1) is 11.3 Å². The molecule has 1 aliphatic rings. The molecule has 1 N–H and O–H groups in total. The molecule has 0 bridgehead atoms. The van der Waals surface area contributed by atoms with Gasteiger partial charge in [-0.05, 0) is 25.0 Å². The van der Waals surface area contributed by atoms with E-state index in [9.17, 15) is 14.9 Å². The molecule has 0 spiro atoms. The molecule has 1 aromatic carbocycles. The summed E-state index contributed by atoms with van der Waals surface area (Å²) >= 11 is 1.72. The first kappa shape index (κ1) is 15.8. The average Bonchev–Trinajstić information content (AvgIpc) is 3.28. The molecule has 1 amide bonds. The van der Waals surface area contributed by atoms with E-state index < -0.39 is 4.92 Å².